The first-order valence-corrected chi connectivity index (χ1v) is 6.83. The number of hydrogen-bond donors (Lipinski definition) is 1. The Hall–Kier alpha value is -2.63. The van der Waals surface area contributed by atoms with Crippen LogP contribution in [0.4, 0.5) is 14.6 Å². The number of rotatable bonds is 4. The van der Waals surface area contributed by atoms with Crippen molar-refractivity contribution in [3.05, 3.63) is 59.4 Å². The molecule has 2 aromatic heterocycles. The molecule has 0 saturated heterocycles. The number of pyridine rings is 1. The summed E-state index contributed by atoms with van der Waals surface area (Å²) >= 11 is 0. The highest BCUT2D eigenvalue weighted by Crippen LogP contribution is 2.26. The number of nitrogens with one attached hydrogen (secondary N) is 1. The van der Waals surface area contributed by atoms with Gasteiger partial charge in [0.15, 0.2) is 11.4 Å². The van der Waals surface area contributed by atoms with Gasteiger partial charge in [-0.25, -0.2) is 13.8 Å². The smallest absolute Gasteiger partial charge is 0.181 e. The van der Waals surface area contributed by atoms with Gasteiger partial charge >= 0.3 is 0 Å². The van der Waals surface area contributed by atoms with Crippen LogP contribution in [0.25, 0.3) is 5.65 Å². The van der Waals surface area contributed by atoms with Gasteiger partial charge < -0.3 is 10.1 Å². The fourth-order valence-corrected chi connectivity index (χ4v) is 2.39. The lowest BCUT2D eigenvalue weighted by Crippen LogP contribution is -2.03. The average Bonchev–Trinajstić information content (AvgIpc) is 2.82. The van der Waals surface area contributed by atoms with Gasteiger partial charge in [-0.15, -0.1) is 0 Å². The summed E-state index contributed by atoms with van der Waals surface area (Å²) in [6.07, 6.45) is 1.84. The van der Waals surface area contributed by atoms with Crippen LogP contribution < -0.4 is 10.1 Å². The van der Waals surface area contributed by atoms with Gasteiger partial charge in [0, 0.05) is 13.2 Å². The Labute approximate surface area is 126 Å². The van der Waals surface area contributed by atoms with Crippen molar-refractivity contribution in [3.63, 3.8) is 0 Å². The maximum atomic E-state index is 13.6. The van der Waals surface area contributed by atoms with E-state index in [1.807, 2.05) is 17.5 Å². The largest absolute Gasteiger partial charge is 0.485 e. The molecule has 2 heterocycles. The maximum absolute atomic E-state index is 13.6. The molecule has 0 aliphatic rings. The van der Waals surface area contributed by atoms with Gasteiger partial charge in [-0.1, -0.05) is 6.07 Å². The molecule has 6 heteroatoms. The van der Waals surface area contributed by atoms with Crippen molar-refractivity contribution in [1.82, 2.24) is 9.38 Å². The molecule has 1 aromatic carbocycles. The second kappa shape index (κ2) is 5.63. The van der Waals surface area contributed by atoms with Gasteiger partial charge in [-0.05, 0) is 31.2 Å². The van der Waals surface area contributed by atoms with E-state index in [4.69, 9.17) is 4.74 Å². The Bertz CT molecular complexity index is 809. The van der Waals surface area contributed by atoms with Crippen molar-refractivity contribution in [2.75, 3.05) is 12.4 Å². The number of anilines is 1. The average molecular weight is 303 g/mol. The van der Waals surface area contributed by atoms with Crippen molar-refractivity contribution in [2.45, 2.75) is 13.5 Å². The van der Waals surface area contributed by atoms with Crippen LogP contribution >= 0.6 is 0 Å². The predicted octanol–water partition coefficient (Wildman–Crippen LogP) is 3.54. The molecule has 0 fully saturated rings. The summed E-state index contributed by atoms with van der Waals surface area (Å²) in [6, 6.07) is 7.26. The second-order valence-electron chi connectivity index (χ2n) is 4.85. The summed E-state index contributed by atoms with van der Waals surface area (Å²) in [6.45, 7) is 1.68. The van der Waals surface area contributed by atoms with Crippen LogP contribution in [0.15, 0.2) is 36.5 Å². The summed E-state index contributed by atoms with van der Waals surface area (Å²) in [5, 5.41) is 3.06. The van der Waals surface area contributed by atoms with E-state index in [1.54, 1.807) is 19.2 Å². The molecule has 114 valence electrons. The monoisotopic (exact) mass is 303 g/mol. The van der Waals surface area contributed by atoms with Crippen molar-refractivity contribution in [2.24, 2.45) is 0 Å². The number of aromatic nitrogens is 2. The van der Waals surface area contributed by atoms with Gasteiger partial charge in [0.1, 0.15) is 24.1 Å². The molecule has 3 aromatic rings. The van der Waals surface area contributed by atoms with Crippen LogP contribution in [0, 0.1) is 18.6 Å². The van der Waals surface area contributed by atoms with Crippen LogP contribution in [0.2, 0.25) is 0 Å². The Kier molecular flexibility index (Phi) is 3.66. The SMILES string of the molecule is CNc1c(C)nc2c(OCc3c(F)cccc3F)cccn12. The van der Waals surface area contributed by atoms with E-state index in [0.717, 1.165) is 11.5 Å². The number of hydrogen-bond acceptors (Lipinski definition) is 3. The lowest BCUT2D eigenvalue weighted by molar-refractivity contribution is 0.294. The molecule has 0 saturated carbocycles. The highest BCUT2D eigenvalue weighted by atomic mass is 19.1. The van der Waals surface area contributed by atoms with E-state index in [1.165, 1.54) is 18.2 Å². The minimum atomic E-state index is -0.623. The predicted molar refractivity (Wildman–Crippen MR) is 80.2 cm³/mol. The van der Waals surface area contributed by atoms with Crippen molar-refractivity contribution < 1.29 is 13.5 Å². The van der Waals surface area contributed by atoms with Gasteiger partial charge in [0.2, 0.25) is 0 Å². The van der Waals surface area contributed by atoms with Crippen molar-refractivity contribution in [3.8, 4) is 5.75 Å². The molecule has 0 bridgehead atoms. The van der Waals surface area contributed by atoms with Crippen LogP contribution in [0.5, 0.6) is 5.75 Å². The molecule has 0 atom stereocenters. The summed E-state index contributed by atoms with van der Waals surface area (Å²) in [5.74, 6) is 0.0667. The lowest BCUT2D eigenvalue weighted by atomic mass is 10.2. The van der Waals surface area contributed by atoms with Crippen LogP contribution in [0.1, 0.15) is 11.3 Å². The van der Waals surface area contributed by atoms with Crippen molar-refractivity contribution in [1.29, 1.82) is 0 Å². The number of benzene rings is 1. The number of fused-ring (bicyclic) bond motifs is 1. The zero-order valence-electron chi connectivity index (χ0n) is 12.2. The number of imidazole rings is 1. The molecule has 0 unspecified atom stereocenters. The first-order chi connectivity index (χ1) is 10.6. The normalized spacial score (nSPS) is 10.9. The molecule has 0 aliphatic heterocycles. The Morgan fingerprint density at radius 1 is 1.18 bits per heavy atom. The number of aryl methyl sites for hydroxylation is 1. The van der Waals surface area contributed by atoms with E-state index >= 15 is 0 Å². The Morgan fingerprint density at radius 3 is 2.59 bits per heavy atom. The van der Waals surface area contributed by atoms with Gasteiger partial charge in [-0.3, -0.25) is 4.40 Å². The highest BCUT2D eigenvalue weighted by molar-refractivity contribution is 5.62. The molecule has 0 amide bonds. The summed E-state index contributed by atoms with van der Waals surface area (Å²) in [5.41, 5.74) is 1.32. The zero-order chi connectivity index (χ0) is 15.7. The molecular weight excluding hydrogens is 288 g/mol. The fraction of sp³-hybridized carbons (Fsp3) is 0.188. The Morgan fingerprint density at radius 2 is 1.91 bits per heavy atom. The number of halogens is 2. The second-order valence-corrected chi connectivity index (χ2v) is 4.85. The molecule has 3 rings (SSSR count). The minimum Gasteiger partial charge on any atom is -0.485 e. The molecule has 4 nitrogen and oxygen atoms in total. The molecule has 22 heavy (non-hydrogen) atoms. The van der Waals surface area contributed by atoms with Crippen LogP contribution in [-0.2, 0) is 6.61 Å². The highest BCUT2D eigenvalue weighted by Gasteiger charge is 2.13. The summed E-state index contributed by atoms with van der Waals surface area (Å²) in [4.78, 5) is 4.43. The number of nitrogens with zero attached hydrogens (tertiary/aromatic N) is 2. The molecular formula is C16H15F2N3O. The van der Waals surface area contributed by atoms with Gasteiger partial charge in [0.25, 0.3) is 0 Å². The first-order valence-electron chi connectivity index (χ1n) is 6.83. The van der Waals surface area contributed by atoms with Crippen molar-refractivity contribution >= 4 is 11.5 Å². The Balaban J connectivity index is 1.95. The zero-order valence-corrected chi connectivity index (χ0v) is 12.2. The standard InChI is InChI=1S/C16H15F2N3O/c1-10-15(19-2)21-8-4-7-14(16(21)20-10)22-9-11-12(17)5-3-6-13(11)18/h3-8,19H,9H2,1-2H3. The fourth-order valence-electron chi connectivity index (χ4n) is 2.39. The topological polar surface area (TPSA) is 38.6 Å². The third-order valence-electron chi connectivity index (χ3n) is 3.46. The first kappa shape index (κ1) is 14.3. The van der Waals surface area contributed by atoms with E-state index in [0.29, 0.717) is 11.4 Å². The molecule has 0 spiro atoms. The lowest BCUT2D eigenvalue weighted by Gasteiger charge is -2.09. The molecule has 1 N–H and O–H groups in total. The quantitative estimate of drug-likeness (QED) is 0.801. The van der Waals surface area contributed by atoms with E-state index in [2.05, 4.69) is 10.3 Å². The van der Waals surface area contributed by atoms with E-state index < -0.39 is 11.6 Å². The van der Waals surface area contributed by atoms with Gasteiger partial charge in [-0.2, -0.15) is 0 Å². The molecule has 0 radical (unpaired) electrons. The summed E-state index contributed by atoms with van der Waals surface area (Å²) in [7, 11) is 1.80. The third kappa shape index (κ3) is 2.36. The number of ether oxygens (including phenoxy) is 1. The third-order valence-corrected chi connectivity index (χ3v) is 3.46. The maximum Gasteiger partial charge on any atom is 0.181 e. The van der Waals surface area contributed by atoms with E-state index in [9.17, 15) is 8.78 Å². The van der Waals surface area contributed by atoms with Crippen LogP contribution in [-0.4, -0.2) is 16.4 Å². The van der Waals surface area contributed by atoms with Crippen LogP contribution in [0.3, 0.4) is 0 Å². The van der Waals surface area contributed by atoms with E-state index in [-0.39, 0.29) is 12.2 Å². The summed E-state index contributed by atoms with van der Waals surface area (Å²) < 4.78 is 34.7. The minimum absolute atomic E-state index is 0.0957. The molecule has 0 aliphatic carbocycles. The van der Waals surface area contributed by atoms with Gasteiger partial charge in [0.05, 0.1) is 11.3 Å².